The number of aromatic nitrogens is 1. The number of anilines is 1. The van der Waals surface area contributed by atoms with Crippen LogP contribution in [0, 0.1) is 0 Å². The van der Waals surface area contributed by atoms with Gasteiger partial charge in [-0.15, -0.1) is 0 Å². The Morgan fingerprint density at radius 2 is 1.79 bits per heavy atom. The molecule has 0 saturated heterocycles. The number of benzene rings is 3. The summed E-state index contributed by atoms with van der Waals surface area (Å²) < 4.78 is 5.31. The monoisotopic (exact) mass is 385 g/mol. The summed E-state index contributed by atoms with van der Waals surface area (Å²) in [6.07, 6.45) is 2.70. The van der Waals surface area contributed by atoms with Crippen molar-refractivity contribution >= 4 is 22.6 Å². The van der Waals surface area contributed by atoms with Crippen LogP contribution in [0.15, 0.2) is 79.0 Å². The summed E-state index contributed by atoms with van der Waals surface area (Å²) in [5.74, 6) is 0.821. The summed E-state index contributed by atoms with van der Waals surface area (Å²) in [6.45, 7) is 0.531. The highest BCUT2D eigenvalue weighted by molar-refractivity contribution is 5.94. The third-order valence-corrected chi connectivity index (χ3v) is 4.91. The molecule has 0 fully saturated rings. The molecule has 29 heavy (non-hydrogen) atoms. The van der Waals surface area contributed by atoms with Crippen molar-refractivity contribution in [2.45, 2.75) is 6.42 Å². The Bertz CT molecular complexity index is 1120. The number of hydrogen-bond donors (Lipinski definition) is 3. The van der Waals surface area contributed by atoms with E-state index < -0.39 is 0 Å². The molecule has 0 atom stereocenters. The molecule has 0 saturated carbocycles. The Morgan fingerprint density at radius 1 is 1.00 bits per heavy atom. The maximum absolute atomic E-state index is 12.4. The topological polar surface area (TPSA) is 66.1 Å². The van der Waals surface area contributed by atoms with Gasteiger partial charge in [-0.1, -0.05) is 48.5 Å². The number of carbonyl (C=O) groups excluding carboxylic acids is 1. The molecule has 2 amide bonds. The van der Waals surface area contributed by atoms with Crippen molar-refractivity contribution in [1.29, 1.82) is 0 Å². The van der Waals surface area contributed by atoms with Gasteiger partial charge in [0.1, 0.15) is 5.75 Å². The predicted molar refractivity (Wildman–Crippen MR) is 117 cm³/mol. The second kappa shape index (κ2) is 8.52. The Balaban J connectivity index is 1.39. The van der Waals surface area contributed by atoms with Gasteiger partial charge in [0.25, 0.3) is 0 Å². The minimum absolute atomic E-state index is 0.217. The molecule has 0 radical (unpaired) electrons. The second-order valence-electron chi connectivity index (χ2n) is 6.77. The molecular weight excluding hydrogens is 362 g/mol. The minimum Gasteiger partial charge on any atom is -0.497 e. The first-order chi connectivity index (χ1) is 14.2. The number of ether oxygens (including phenoxy) is 1. The molecule has 4 aromatic rings. The minimum atomic E-state index is -0.217. The van der Waals surface area contributed by atoms with Crippen molar-refractivity contribution in [1.82, 2.24) is 10.3 Å². The van der Waals surface area contributed by atoms with Gasteiger partial charge in [-0.05, 0) is 41.8 Å². The average molecular weight is 385 g/mol. The van der Waals surface area contributed by atoms with Gasteiger partial charge < -0.3 is 20.4 Å². The highest BCUT2D eigenvalue weighted by Gasteiger charge is 2.09. The Hall–Kier alpha value is -3.73. The van der Waals surface area contributed by atoms with Crippen LogP contribution in [0.5, 0.6) is 5.75 Å². The smallest absolute Gasteiger partial charge is 0.319 e. The van der Waals surface area contributed by atoms with Crippen LogP contribution in [-0.2, 0) is 6.42 Å². The van der Waals surface area contributed by atoms with Crippen molar-refractivity contribution in [2.24, 2.45) is 0 Å². The molecule has 0 bridgehead atoms. The zero-order valence-corrected chi connectivity index (χ0v) is 16.2. The molecule has 0 aliphatic carbocycles. The van der Waals surface area contributed by atoms with Crippen molar-refractivity contribution in [3.63, 3.8) is 0 Å². The lowest BCUT2D eigenvalue weighted by molar-refractivity contribution is 0.252. The normalized spacial score (nSPS) is 10.7. The van der Waals surface area contributed by atoms with E-state index in [1.54, 1.807) is 7.11 Å². The van der Waals surface area contributed by atoms with Crippen molar-refractivity contribution in [3.05, 3.63) is 84.6 Å². The quantitative estimate of drug-likeness (QED) is 0.427. The number of hydrogen-bond acceptors (Lipinski definition) is 2. The molecule has 1 heterocycles. The third kappa shape index (κ3) is 4.24. The van der Waals surface area contributed by atoms with E-state index in [0.29, 0.717) is 6.54 Å². The van der Waals surface area contributed by atoms with Gasteiger partial charge in [0, 0.05) is 29.2 Å². The summed E-state index contributed by atoms with van der Waals surface area (Å²) >= 11 is 0. The molecule has 3 aromatic carbocycles. The van der Waals surface area contributed by atoms with Gasteiger partial charge in [-0.3, -0.25) is 0 Å². The molecule has 1 aromatic heterocycles. The van der Waals surface area contributed by atoms with Crippen LogP contribution in [0.1, 0.15) is 5.56 Å². The first-order valence-corrected chi connectivity index (χ1v) is 9.58. The molecule has 0 unspecified atom stereocenters. The van der Waals surface area contributed by atoms with E-state index >= 15 is 0 Å². The van der Waals surface area contributed by atoms with Gasteiger partial charge in [-0.25, -0.2) is 4.79 Å². The lowest BCUT2D eigenvalue weighted by Gasteiger charge is -2.12. The van der Waals surface area contributed by atoms with E-state index in [9.17, 15) is 4.79 Å². The first kappa shape index (κ1) is 18.6. The van der Waals surface area contributed by atoms with Crippen LogP contribution in [0.3, 0.4) is 0 Å². The van der Waals surface area contributed by atoms with E-state index in [-0.39, 0.29) is 6.03 Å². The summed E-state index contributed by atoms with van der Waals surface area (Å²) in [7, 11) is 1.66. The SMILES string of the molecule is COc1ccc2[nH]cc(CCNC(=O)Nc3ccccc3-c3ccccc3)c2c1. The summed E-state index contributed by atoms with van der Waals surface area (Å²) in [6, 6.07) is 23.5. The number of amides is 2. The van der Waals surface area contributed by atoms with Crippen LogP contribution in [0.2, 0.25) is 0 Å². The maximum atomic E-state index is 12.4. The standard InChI is InChI=1S/C24H23N3O2/c1-29-19-11-12-22-21(15-19)18(16-26-22)13-14-25-24(28)27-23-10-6-5-9-20(23)17-7-3-2-4-8-17/h2-12,15-16,26H,13-14H2,1H3,(H2,25,27,28). The number of urea groups is 1. The second-order valence-corrected chi connectivity index (χ2v) is 6.77. The maximum Gasteiger partial charge on any atom is 0.319 e. The number of nitrogens with one attached hydrogen (secondary N) is 3. The van der Waals surface area contributed by atoms with E-state index in [1.807, 2.05) is 79.0 Å². The summed E-state index contributed by atoms with van der Waals surface area (Å²) in [5.41, 5.74) is 5.04. The van der Waals surface area contributed by atoms with Crippen LogP contribution >= 0.6 is 0 Å². The highest BCUT2D eigenvalue weighted by Crippen LogP contribution is 2.27. The number of fused-ring (bicyclic) bond motifs is 1. The summed E-state index contributed by atoms with van der Waals surface area (Å²) in [5, 5.41) is 7.02. The van der Waals surface area contributed by atoms with E-state index in [2.05, 4.69) is 15.6 Å². The number of aromatic amines is 1. The van der Waals surface area contributed by atoms with Gasteiger partial charge in [-0.2, -0.15) is 0 Å². The summed E-state index contributed by atoms with van der Waals surface area (Å²) in [4.78, 5) is 15.7. The molecule has 5 heteroatoms. The number of H-pyrrole nitrogens is 1. The van der Waals surface area contributed by atoms with Gasteiger partial charge >= 0.3 is 6.03 Å². The number of para-hydroxylation sites is 1. The fraction of sp³-hybridized carbons (Fsp3) is 0.125. The van der Waals surface area contributed by atoms with Crippen LogP contribution in [0.25, 0.3) is 22.0 Å². The molecular formula is C24H23N3O2. The molecule has 5 nitrogen and oxygen atoms in total. The van der Waals surface area contributed by atoms with Crippen LogP contribution < -0.4 is 15.4 Å². The molecule has 4 rings (SSSR count). The number of rotatable bonds is 6. The van der Waals surface area contributed by atoms with E-state index in [1.165, 1.54) is 0 Å². The van der Waals surface area contributed by atoms with E-state index in [0.717, 1.165) is 45.5 Å². The van der Waals surface area contributed by atoms with Gasteiger partial charge in [0.05, 0.1) is 12.8 Å². The van der Waals surface area contributed by atoms with Crippen LogP contribution in [-0.4, -0.2) is 24.7 Å². The lowest BCUT2D eigenvalue weighted by atomic mass is 10.0. The first-order valence-electron chi connectivity index (χ1n) is 9.58. The van der Waals surface area contributed by atoms with E-state index in [4.69, 9.17) is 4.74 Å². The highest BCUT2D eigenvalue weighted by atomic mass is 16.5. The van der Waals surface area contributed by atoms with Gasteiger partial charge in [0.15, 0.2) is 0 Å². The van der Waals surface area contributed by atoms with Crippen molar-refractivity contribution < 1.29 is 9.53 Å². The number of methoxy groups -OCH3 is 1. The Labute approximate surface area is 169 Å². The lowest BCUT2D eigenvalue weighted by Crippen LogP contribution is -2.30. The third-order valence-electron chi connectivity index (χ3n) is 4.91. The van der Waals surface area contributed by atoms with Crippen molar-refractivity contribution in [2.75, 3.05) is 19.0 Å². The van der Waals surface area contributed by atoms with Crippen LogP contribution in [0.4, 0.5) is 10.5 Å². The molecule has 3 N–H and O–H groups in total. The fourth-order valence-electron chi connectivity index (χ4n) is 3.43. The fourth-order valence-corrected chi connectivity index (χ4v) is 3.43. The van der Waals surface area contributed by atoms with Gasteiger partial charge in [0.2, 0.25) is 0 Å². The van der Waals surface area contributed by atoms with Crippen molar-refractivity contribution in [3.8, 4) is 16.9 Å². The molecule has 146 valence electrons. The predicted octanol–water partition coefficient (Wildman–Crippen LogP) is 5.21. The Morgan fingerprint density at radius 3 is 2.62 bits per heavy atom. The molecule has 0 aliphatic heterocycles. The zero-order valence-electron chi connectivity index (χ0n) is 16.2. The average Bonchev–Trinajstić information content (AvgIpc) is 3.17. The number of carbonyl (C=O) groups is 1. The largest absolute Gasteiger partial charge is 0.497 e. The Kier molecular flexibility index (Phi) is 5.47. The molecule has 0 aliphatic rings. The zero-order chi connectivity index (χ0) is 20.1. The molecule has 0 spiro atoms.